The zero-order valence-electron chi connectivity index (χ0n) is 11.3. The number of H-pyrrole nitrogens is 1. The van der Waals surface area contributed by atoms with Crippen LogP contribution in [0, 0.1) is 0 Å². The van der Waals surface area contributed by atoms with E-state index in [0.717, 1.165) is 16.6 Å². The molecular formula is C17H16N2O. The third-order valence-electron chi connectivity index (χ3n) is 2.73. The number of para-hydroxylation sites is 2. The lowest BCUT2D eigenvalue weighted by Gasteiger charge is -1.98. The summed E-state index contributed by atoms with van der Waals surface area (Å²) in [7, 11) is 0. The Morgan fingerprint density at radius 1 is 1.30 bits per heavy atom. The van der Waals surface area contributed by atoms with Crippen molar-refractivity contribution in [1.29, 1.82) is 0 Å². The van der Waals surface area contributed by atoms with Gasteiger partial charge < -0.3 is 4.98 Å². The Labute approximate surface area is 117 Å². The summed E-state index contributed by atoms with van der Waals surface area (Å²) >= 11 is 0. The third kappa shape index (κ3) is 3.20. The molecule has 0 aliphatic heterocycles. The zero-order valence-corrected chi connectivity index (χ0v) is 11.3. The first-order chi connectivity index (χ1) is 9.74. The van der Waals surface area contributed by atoms with Crippen LogP contribution in [-0.2, 0) is 0 Å². The van der Waals surface area contributed by atoms with Gasteiger partial charge >= 0.3 is 0 Å². The molecule has 100 valence electrons. The second-order valence-corrected chi connectivity index (χ2v) is 4.20. The Morgan fingerprint density at radius 3 is 2.85 bits per heavy atom. The van der Waals surface area contributed by atoms with Crippen LogP contribution in [0.15, 0.2) is 71.6 Å². The summed E-state index contributed by atoms with van der Waals surface area (Å²) in [6, 6.07) is 7.46. The average Bonchev–Trinajstić information content (AvgIpc) is 2.45. The highest BCUT2D eigenvalue weighted by molar-refractivity contribution is 5.74. The summed E-state index contributed by atoms with van der Waals surface area (Å²) in [4.78, 5) is 19.1. The van der Waals surface area contributed by atoms with Gasteiger partial charge in [0, 0.05) is 0 Å². The molecule has 0 unspecified atom stereocenters. The Bertz CT molecular complexity index is 764. The first-order valence-corrected chi connectivity index (χ1v) is 6.37. The van der Waals surface area contributed by atoms with Gasteiger partial charge in [0.25, 0.3) is 5.56 Å². The van der Waals surface area contributed by atoms with Gasteiger partial charge in [-0.3, -0.25) is 4.79 Å². The minimum Gasteiger partial charge on any atom is -0.319 e. The van der Waals surface area contributed by atoms with Crippen molar-refractivity contribution in [3.05, 3.63) is 82.8 Å². The maximum absolute atomic E-state index is 11.9. The van der Waals surface area contributed by atoms with Crippen molar-refractivity contribution in [3.63, 3.8) is 0 Å². The fourth-order valence-electron chi connectivity index (χ4n) is 1.83. The van der Waals surface area contributed by atoms with Gasteiger partial charge in [-0.25, -0.2) is 4.98 Å². The molecule has 0 aliphatic carbocycles. The van der Waals surface area contributed by atoms with Crippen LogP contribution in [0.1, 0.15) is 12.6 Å². The molecular weight excluding hydrogens is 248 g/mol. The zero-order chi connectivity index (χ0) is 14.4. The smallest absolute Gasteiger partial charge is 0.274 e. The second-order valence-electron chi connectivity index (χ2n) is 4.20. The van der Waals surface area contributed by atoms with Crippen LogP contribution in [-0.4, -0.2) is 9.97 Å². The molecule has 3 heteroatoms. The number of aromatic amines is 1. The number of aromatic nitrogens is 2. The van der Waals surface area contributed by atoms with Crippen molar-refractivity contribution in [1.82, 2.24) is 9.97 Å². The Morgan fingerprint density at radius 2 is 2.10 bits per heavy atom. The predicted molar refractivity (Wildman–Crippen MR) is 84.5 cm³/mol. The van der Waals surface area contributed by atoms with E-state index in [1.807, 2.05) is 55.5 Å². The molecule has 1 aromatic heterocycles. The molecule has 1 aromatic carbocycles. The SMILES string of the molecule is C=CC=C(C=CC)C=Cc1nc2ccccc2[nH]c1=O. The molecule has 0 aliphatic rings. The Hall–Kier alpha value is -2.68. The van der Waals surface area contributed by atoms with Gasteiger partial charge in [0.2, 0.25) is 0 Å². The van der Waals surface area contributed by atoms with Gasteiger partial charge in [-0.05, 0) is 30.7 Å². The number of fused-ring (bicyclic) bond motifs is 1. The molecule has 0 radical (unpaired) electrons. The van der Waals surface area contributed by atoms with Gasteiger partial charge in [0.15, 0.2) is 0 Å². The van der Waals surface area contributed by atoms with Gasteiger partial charge in [0.05, 0.1) is 11.0 Å². The number of allylic oxidation sites excluding steroid dienone is 6. The monoisotopic (exact) mass is 264 g/mol. The van der Waals surface area contributed by atoms with E-state index in [9.17, 15) is 4.79 Å². The first kappa shape index (κ1) is 13.7. The van der Waals surface area contributed by atoms with E-state index in [1.165, 1.54) is 0 Å². The minimum absolute atomic E-state index is 0.196. The molecule has 0 fully saturated rings. The van der Waals surface area contributed by atoms with E-state index in [1.54, 1.807) is 12.2 Å². The molecule has 1 N–H and O–H groups in total. The van der Waals surface area contributed by atoms with Gasteiger partial charge in [-0.2, -0.15) is 0 Å². The summed E-state index contributed by atoms with van der Waals surface area (Å²) < 4.78 is 0. The number of nitrogens with zero attached hydrogens (tertiary/aromatic N) is 1. The van der Waals surface area contributed by atoms with Crippen molar-refractivity contribution in [3.8, 4) is 0 Å². The Kier molecular flexibility index (Phi) is 4.45. The highest BCUT2D eigenvalue weighted by Gasteiger charge is 2.00. The number of nitrogens with one attached hydrogen (secondary N) is 1. The molecule has 3 nitrogen and oxygen atoms in total. The van der Waals surface area contributed by atoms with Gasteiger partial charge in [0.1, 0.15) is 5.69 Å². The van der Waals surface area contributed by atoms with Crippen LogP contribution < -0.4 is 5.56 Å². The maximum Gasteiger partial charge on any atom is 0.274 e. The number of hydrogen-bond donors (Lipinski definition) is 1. The predicted octanol–water partition coefficient (Wildman–Crippen LogP) is 3.62. The van der Waals surface area contributed by atoms with Crippen LogP contribution in [0.25, 0.3) is 17.1 Å². The van der Waals surface area contributed by atoms with E-state index < -0.39 is 0 Å². The molecule has 0 saturated heterocycles. The fourth-order valence-corrected chi connectivity index (χ4v) is 1.83. The molecule has 0 saturated carbocycles. The summed E-state index contributed by atoms with van der Waals surface area (Å²) in [5.41, 5.74) is 2.66. The average molecular weight is 264 g/mol. The van der Waals surface area contributed by atoms with Crippen molar-refractivity contribution < 1.29 is 0 Å². The standard InChI is InChI=1S/C17H16N2O/c1-3-7-13(8-4-2)11-12-16-17(20)19-15-10-6-5-9-14(15)18-16/h3-12H,1H2,2H3,(H,19,20). The van der Waals surface area contributed by atoms with Crippen LogP contribution in [0.2, 0.25) is 0 Å². The van der Waals surface area contributed by atoms with Crippen molar-refractivity contribution in [2.75, 3.05) is 0 Å². The lowest BCUT2D eigenvalue weighted by Crippen LogP contribution is -2.11. The van der Waals surface area contributed by atoms with E-state index in [0.29, 0.717) is 5.69 Å². The lowest BCUT2D eigenvalue weighted by molar-refractivity contribution is 1.19. The van der Waals surface area contributed by atoms with Crippen LogP contribution >= 0.6 is 0 Å². The van der Waals surface area contributed by atoms with E-state index in [-0.39, 0.29) is 5.56 Å². The van der Waals surface area contributed by atoms with E-state index >= 15 is 0 Å². The Balaban J connectivity index is 2.43. The summed E-state index contributed by atoms with van der Waals surface area (Å²) in [5, 5.41) is 0. The van der Waals surface area contributed by atoms with E-state index in [4.69, 9.17) is 0 Å². The van der Waals surface area contributed by atoms with Gasteiger partial charge in [-0.1, -0.05) is 49.1 Å². The molecule has 1 heterocycles. The number of benzene rings is 1. The number of hydrogen-bond acceptors (Lipinski definition) is 2. The largest absolute Gasteiger partial charge is 0.319 e. The molecule has 0 amide bonds. The third-order valence-corrected chi connectivity index (χ3v) is 2.73. The summed E-state index contributed by atoms with van der Waals surface area (Å²) in [6.45, 7) is 5.60. The minimum atomic E-state index is -0.196. The summed E-state index contributed by atoms with van der Waals surface area (Å²) in [5.74, 6) is 0. The lowest BCUT2D eigenvalue weighted by atomic mass is 10.2. The van der Waals surface area contributed by atoms with E-state index in [2.05, 4.69) is 16.5 Å². The molecule has 0 spiro atoms. The topological polar surface area (TPSA) is 45.8 Å². The van der Waals surface area contributed by atoms with Crippen molar-refractivity contribution in [2.45, 2.75) is 6.92 Å². The molecule has 2 rings (SSSR count). The molecule has 20 heavy (non-hydrogen) atoms. The van der Waals surface area contributed by atoms with Crippen LogP contribution in [0.4, 0.5) is 0 Å². The normalized spacial score (nSPS) is 12.6. The van der Waals surface area contributed by atoms with Crippen molar-refractivity contribution in [2.24, 2.45) is 0 Å². The summed E-state index contributed by atoms with van der Waals surface area (Å²) in [6.07, 6.45) is 11.0. The first-order valence-electron chi connectivity index (χ1n) is 6.37. The quantitative estimate of drug-likeness (QED) is 0.857. The molecule has 2 aromatic rings. The molecule has 0 bridgehead atoms. The van der Waals surface area contributed by atoms with Crippen LogP contribution in [0.3, 0.4) is 0 Å². The van der Waals surface area contributed by atoms with Crippen LogP contribution in [0.5, 0.6) is 0 Å². The van der Waals surface area contributed by atoms with Crippen molar-refractivity contribution >= 4 is 17.1 Å². The number of rotatable bonds is 4. The van der Waals surface area contributed by atoms with Gasteiger partial charge in [-0.15, -0.1) is 0 Å². The highest BCUT2D eigenvalue weighted by Crippen LogP contribution is 2.08. The highest BCUT2D eigenvalue weighted by atomic mass is 16.1. The second kappa shape index (κ2) is 6.48. The fraction of sp³-hybridized carbons (Fsp3) is 0.0588. The molecule has 0 atom stereocenters. The maximum atomic E-state index is 11.9.